The number of aryl methyl sites for hydroxylation is 2. The van der Waals surface area contributed by atoms with Crippen LogP contribution in [0.2, 0.25) is 10.0 Å². The average molecular weight is 487 g/mol. The van der Waals surface area contributed by atoms with Gasteiger partial charge in [0.25, 0.3) is 0 Å². The fourth-order valence-electron chi connectivity index (χ4n) is 3.16. The molecular formula is C22H19Cl2F3N2O3. The molecule has 0 aliphatic heterocycles. The standard InChI is InChI=1S/C22H19Cl2F3N2O3/c1-13-8-18(5-7-21(30)31)28-29(13)11-15-9-16(23)4-6-20(15)32-12-14-2-3-17(24)10-19(14)22(25,26)27/h2-4,6,8-10H,5,7,11-12H2,1H3,(H,30,31). The summed E-state index contributed by atoms with van der Waals surface area (Å²) < 4.78 is 47.5. The number of aliphatic carboxylic acids is 1. The molecule has 0 spiro atoms. The van der Waals surface area contributed by atoms with Gasteiger partial charge in [0.15, 0.2) is 0 Å². The van der Waals surface area contributed by atoms with E-state index in [0.29, 0.717) is 28.5 Å². The molecule has 0 fully saturated rings. The Hall–Kier alpha value is -2.71. The van der Waals surface area contributed by atoms with E-state index in [-0.39, 0.29) is 30.2 Å². The van der Waals surface area contributed by atoms with Crippen molar-refractivity contribution in [2.75, 3.05) is 0 Å². The quantitative estimate of drug-likeness (QED) is 0.413. The molecule has 3 aromatic rings. The first kappa shape index (κ1) is 23.9. The van der Waals surface area contributed by atoms with Crippen molar-refractivity contribution in [3.8, 4) is 5.75 Å². The van der Waals surface area contributed by atoms with Gasteiger partial charge in [0.05, 0.1) is 24.2 Å². The molecule has 3 rings (SSSR count). The third kappa shape index (κ3) is 6.17. The number of aromatic nitrogens is 2. The first-order chi connectivity index (χ1) is 15.0. The van der Waals surface area contributed by atoms with Crippen LogP contribution in [0, 0.1) is 6.92 Å². The fraction of sp³-hybridized carbons (Fsp3) is 0.273. The van der Waals surface area contributed by atoms with Crippen LogP contribution in [0.1, 0.15) is 34.5 Å². The van der Waals surface area contributed by atoms with Gasteiger partial charge >= 0.3 is 12.1 Å². The molecule has 0 bridgehead atoms. The van der Waals surface area contributed by atoms with Crippen LogP contribution in [0.4, 0.5) is 13.2 Å². The van der Waals surface area contributed by atoms with Gasteiger partial charge in [-0.05, 0) is 43.3 Å². The largest absolute Gasteiger partial charge is 0.489 e. The van der Waals surface area contributed by atoms with Crippen LogP contribution in [0.25, 0.3) is 0 Å². The van der Waals surface area contributed by atoms with Crippen LogP contribution in [0.15, 0.2) is 42.5 Å². The third-order valence-corrected chi connectivity index (χ3v) is 5.20. The molecule has 5 nitrogen and oxygen atoms in total. The molecule has 0 saturated carbocycles. The van der Waals surface area contributed by atoms with Crippen molar-refractivity contribution >= 4 is 29.2 Å². The Kier molecular flexibility index (Phi) is 7.36. The highest BCUT2D eigenvalue weighted by Crippen LogP contribution is 2.35. The summed E-state index contributed by atoms with van der Waals surface area (Å²) in [6, 6.07) is 10.1. The normalized spacial score (nSPS) is 11.6. The van der Waals surface area contributed by atoms with E-state index in [1.807, 2.05) is 6.92 Å². The maximum atomic E-state index is 13.4. The van der Waals surface area contributed by atoms with Crippen LogP contribution in [0.3, 0.4) is 0 Å². The maximum Gasteiger partial charge on any atom is 0.416 e. The Morgan fingerprint density at radius 3 is 2.47 bits per heavy atom. The highest BCUT2D eigenvalue weighted by molar-refractivity contribution is 6.31. The number of hydrogen-bond donors (Lipinski definition) is 1. The Bertz CT molecular complexity index is 1130. The third-order valence-electron chi connectivity index (χ3n) is 4.73. The summed E-state index contributed by atoms with van der Waals surface area (Å²) in [7, 11) is 0. The second-order valence-electron chi connectivity index (χ2n) is 7.17. The highest BCUT2D eigenvalue weighted by Gasteiger charge is 2.33. The minimum Gasteiger partial charge on any atom is -0.489 e. The van der Waals surface area contributed by atoms with Crippen LogP contribution in [0.5, 0.6) is 5.75 Å². The van der Waals surface area contributed by atoms with E-state index in [4.69, 9.17) is 33.0 Å². The minimum absolute atomic E-state index is 0.0129. The molecule has 0 unspecified atom stereocenters. The summed E-state index contributed by atoms with van der Waals surface area (Å²) in [5, 5.41) is 13.7. The molecule has 0 aliphatic carbocycles. The fourth-order valence-corrected chi connectivity index (χ4v) is 3.53. The van der Waals surface area contributed by atoms with Crippen molar-refractivity contribution in [2.45, 2.75) is 39.1 Å². The zero-order valence-electron chi connectivity index (χ0n) is 16.9. The van der Waals surface area contributed by atoms with Crippen molar-refractivity contribution in [3.05, 3.63) is 80.6 Å². The topological polar surface area (TPSA) is 64.3 Å². The predicted octanol–water partition coefficient (Wildman–Crippen LogP) is 6.16. The van der Waals surface area contributed by atoms with Crippen LogP contribution < -0.4 is 4.74 Å². The lowest BCUT2D eigenvalue weighted by atomic mass is 10.1. The van der Waals surface area contributed by atoms with Gasteiger partial charge in [-0.3, -0.25) is 9.48 Å². The molecule has 0 radical (unpaired) electrons. The summed E-state index contributed by atoms with van der Waals surface area (Å²) in [6.07, 6.45) is -4.31. The lowest BCUT2D eigenvalue weighted by molar-refractivity contribution is -0.139. The molecule has 32 heavy (non-hydrogen) atoms. The van der Waals surface area contributed by atoms with Gasteiger partial charge < -0.3 is 9.84 Å². The molecule has 10 heteroatoms. The van der Waals surface area contributed by atoms with E-state index in [1.54, 1.807) is 28.9 Å². The Balaban J connectivity index is 1.82. The Labute approximate surface area is 192 Å². The van der Waals surface area contributed by atoms with E-state index in [1.165, 1.54) is 12.1 Å². The monoisotopic (exact) mass is 486 g/mol. The maximum absolute atomic E-state index is 13.4. The van der Waals surface area contributed by atoms with E-state index in [2.05, 4.69) is 5.10 Å². The Morgan fingerprint density at radius 2 is 1.78 bits per heavy atom. The van der Waals surface area contributed by atoms with Crippen LogP contribution >= 0.6 is 23.2 Å². The summed E-state index contributed by atoms with van der Waals surface area (Å²) in [5.41, 5.74) is 1.15. The summed E-state index contributed by atoms with van der Waals surface area (Å²) in [5.74, 6) is -0.553. The second kappa shape index (κ2) is 9.83. The van der Waals surface area contributed by atoms with Gasteiger partial charge in [0.2, 0.25) is 0 Å². The number of rotatable bonds is 8. The molecular weight excluding hydrogens is 468 g/mol. The number of carboxylic acids is 1. The summed E-state index contributed by atoms with van der Waals surface area (Å²) in [4.78, 5) is 10.8. The average Bonchev–Trinajstić information content (AvgIpc) is 3.05. The number of halogens is 5. The van der Waals surface area contributed by atoms with E-state index >= 15 is 0 Å². The first-order valence-electron chi connectivity index (χ1n) is 9.55. The molecule has 1 N–H and O–H groups in total. The van der Waals surface area contributed by atoms with Gasteiger partial charge in [-0.25, -0.2) is 0 Å². The van der Waals surface area contributed by atoms with Gasteiger partial charge in [-0.2, -0.15) is 18.3 Å². The SMILES string of the molecule is Cc1cc(CCC(=O)O)nn1Cc1cc(Cl)ccc1OCc1ccc(Cl)cc1C(F)(F)F. The number of nitrogens with zero attached hydrogens (tertiary/aromatic N) is 2. The van der Waals surface area contributed by atoms with Crippen molar-refractivity contribution in [1.29, 1.82) is 0 Å². The molecule has 0 atom stereocenters. The first-order valence-corrected chi connectivity index (χ1v) is 10.3. The van der Waals surface area contributed by atoms with Gasteiger partial charge in [-0.1, -0.05) is 29.3 Å². The van der Waals surface area contributed by atoms with Gasteiger partial charge in [0, 0.05) is 33.3 Å². The summed E-state index contributed by atoms with van der Waals surface area (Å²) in [6.45, 7) is 1.76. The van der Waals surface area contributed by atoms with Crippen molar-refractivity contribution < 1.29 is 27.8 Å². The summed E-state index contributed by atoms with van der Waals surface area (Å²) >= 11 is 11.9. The lowest BCUT2D eigenvalue weighted by Crippen LogP contribution is -2.12. The van der Waals surface area contributed by atoms with Crippen molar-refractivity contribution in [2.24, 2.45) is 0 Å². The number of hydrogen-bond acceptors (Lipinski definition) is 3. The molecule has 2 aromatic carbocycles. The number of alkyl halides is 3. The second-order valence-corrected chi connectivity index (χ2v) is 8.04. The van der Waals surface area contributed by atoms with Crippen LogP contribution in [-0.2, 0) is 30.5 Å². The lowest BCUT2D eigenvalue weighted by Gasteiger charge is -2.16. The zero-order chi connectivity index (χ0) is 23.5. The number of carbonyl (C=O) groups is 1. The highest BCUT2D eigenvalue weighted by atomic mass is 35.5. The molecule has 0 amide bonds. The van der Waals surface area contributed by atoms with E-state index < -0.39 is 17.7 Å². The van der Waals surface area contributed by atoms with Gasteiger partial charge in [-0.15, -0.1) is 0 Å². The van der Waals surface area contributed by atoms with Crippen molar-refractivity contribution in [3.63, 3.8) is 0 Å². The van der Waals surface area contributed by atoms with E-state index in [0.717, 1.165) is 11.8 Å². The Morgan fingerprint density at radius 1 is 1.09 bits per heavy atom. The molecule has 0 saturated heterocycles. The number of benzene rings is 2. The zero-order valence-corrected chi connectivity index (χ0v) is 18.4. The molecule has 1 heterocycles. The number of carboxylic acid groups (broad SMARTS) is 1. The molecule has 0 aliphatic rings. The molecule has 170 valence electrons. The van der Waals surface area contributed by atoms with Crippen LogP contribution in [-0.4, -0.2) is 20.9 Å². The molecule has 1 aromatic heterocycles. The van der Waals surface area contributed by atoms with Gasteiger partial charge in [0.1, 0.15) is 12.4 Å². The smallest absolute Gasteiger partial charge is 0.416 e. The van der Waals surface area contributed by atoms with E-state index in [9.17, 15) is 18.0 Å². The van der Waals surface area contributed by atoms with Crippen molar-refractivity contribution in [1.82, 2.24) is 9.78 Å². The minimum atomic E-state index is -4.56. The predicted molar refractivity (Wildman–Crippen MR) is 114 cm³/mol. The number of ether oxygens (including phenoxy) is 1.